The molecule has 0 aliphatic rings. The van der Waals surface area contributed by atoms with Gasteiger partial charge in [-0.3, -0.25) is 4.90 Å². The second-order valence-electron chi connectivity index (χ2n) is 5.99. The highest BCUT2D eigenvalue weighted by Gasteiger charge is 2.17. The first-order chi connectivity index (χ1) is 12.5. The van der Waals surface area contributed by atoms with Crippen LogP contribution in [0.3, 0.4) is 0 Å². The lowest BCUT2D eigenvalue weighted by molar-refractivity contribution is 0.312. The minimum Gasteiger partial charge on any atom is -0.497 e. The van der Waals surface area contributed by atoms with Gasteiger partial charge in [-0.2, -0.15) is 0 Å². The first-order valence-corrected chi connectivity index (χ1v) is 8.01. The molecule has 0 unspecified atom stereocenters. The van der Waals surface area contributed by atoms with Gasteiger partial charge in [-0.15, -0.1) is 0 Å². The highest BCUT2D eigenvalue weighted by molar-refractivity contribution is 5.57. The third kappa shape index (κ3) is 3.97. The fourth-order valence-electron chi connectivity index (χ4n) is 2.55. The van der Waals surface area contributed by atoms with Gasteiger partial charge in [-0.1, -0.05) is 0 Å². The minimum absolute atomic E-state index is 0.234. The molecule has 2 heterocycles. The number of nitrogen functional groups attached to an aromatic ring is 1. The minimum atomic E-state index is -0.411. The molecule has 0 amide bonds. The summed E-state index contributed by atoms with van der Waals surface area (Å²) in [5, 5.41) is 0. The molecule has 0 atom stereocenters. The summed E-state index contributed by atoms with van der Waals surface area (Å²) >= 11 is 0. The lowest BCUT2D eigenvalue weighted by Crippen LogP contribution is -2.18. The summed E-state index contributed by atoms with van der Waals surface area (Å²) in [6.45, 7) is 2.96. The molecule has 1 aromatic carbocycles. The largest absolute Gasteiger partial charge is 0.497 e. The van der Waals surface area contributed by atoms with E-state index in [0.717, 1.165) is 11.3 Å². The van der Waals surface area contributed by atoms with Gasteiger partial charge in [0, 0.05) is 31.0 Å². The molecule has 0 spiro atoms. The average Bonchev–Trinajstić information content (AvgIpc) is 2.97. The molecule has 3 aromatic rings. The van der Waals surface area contributed by atoms with Crippen molar-refractivity contribution >= 4 is 5.95 Å². The van der Waals surface area contributed by atoms with Crippen LogP contribution in [0.5, 0.6) is 5.75 Å². The predicted octanol–water partition coefficient (Wildman–Crippen LogP) is 2.80. The SMILES string of the molecule is COc1ccc(F)c(-c2nc(CN(C)Cc3cnc(N)nc3)c(C)o2)c1. The average molecular weight is 357 g/mol. The van der Waals surface area contributed by atoms with Gasteiger partial charge in [0.2, 0.25) is 11.8 Å². The van der Waals surface area contributed by atoms with Gasteiger partial charge in [0.15, 0.2) is 0 Å². The molecule has 136 valence electrons. The van der Waals surface area contributed by atoms with Gasteiger partial charge in [0.1, 0.15) is 17.3 Å². The number of benzene rings is 1. The summed E-state index contributed by atoms with van der Waals surface area (Å²) in [6, 6.07) is 4.46. The maximum absolute atomic E-state index is 14.1. The van der Waals surface area contributed by atoms with Crippen molar-refractivity contribution < 1.29 is 13.5 Å². The summed E-state index contributed by atoms with van der Waals surface area (Å²) in [6.07, 6.45) is 3.37. The van der Waals surface area contributed by atoms with E-state index in [1.54, 1.807) is 24.5 Å². The zero-order valence-corrected chi connectivity index (χ0v) is 14.9. The Hall–Kier alpha value is -3.00. The first-order valence-electron chi connectivity index (χ1n) is 8.01. The highest BCUT2D eigenvalue weighted by atomic mass is 19.1. The number of nitrogens with two attached hydrogens (primary N) is 1. The number of halogens is 1. The third-order valence-corrected chi connectivity index (χ3v) is 3.89. The topological polar surface area (TPSA) is 90.3 Å². The highest BCUT2D eigenvalue weighted by Crippen LogP contribution is 2.28. The van der Waals surface area contributed by atoms with Gasteiger partial charge >= 0.3 is 0 Å². The number of ether oxygens (including phenoxy) is 1. The van der Waals surface area contributed by atoms with Crippen LogP contribution in [0.2, 0.25) is 0 Å². The molecule has 0 bridgehead atoms. The fourth-order valence-corrected chi connectivity index (χ4v) is 2.55. The molecule has 0 radical (unpaired) electrons. The van der Waals surface area contributed by atoms with Gasteiger partial charge < -0.3 is 14.9 Å². The van der Waals surface area contributed by atoms with Crippen molar-refractivity contribution in [2.45, 2.75) is 20.0 Å². The number of aromatic nitrogens is 3. The Balaban J connectivity index is 1.77. The molecule has 0 saturated heterocycles. The van der Waals surface area contributed by atoms with Crippen LogP contribution >= 0.6 is 0 Å². The van der Waals surface area contributed by atoms with Crippen LogP contribution in [0.4, 0.5) is 10.3 Å². The molecule has 0 saturated carbocycles. The second-order valence-corrected chi connectivity index (χ2v) is 5.99. The molecule has 8 heteroatoms. The lowest BCUT2D eigenvalue weighted by Gasteiger charge is -2.14. The lowest BCUT2D eigenvalue weighted by atomic mass is 10.2. The molecular weight excluding hydrogens is 337 g/mol. The first kappa shape index (κ1) is 17.8. The molecule has 0 aliphatic carbocycles. The molecule has 2 N–H and O–H groups in total. The third-order valence-electron chi connectivity index (χ3n) is 3.89. The quantitative estimate of drug-likeness (QED) is 0.725. The number of aryl methyl sites for hydroxylation is 1. The van der Waals surface area contributed by atoms with Crippen LogP contribution in [0.15, 0.2) is 35.0 Å². The van der Waals surface area contributed by atoms with Gasteiger partial charge in [0.05, 0.1) is 18.4 Å². The normalized spacial score (nSPS) is 11.1. The number of nitrogens with zero attached hydrogens (tertiary/aromatic N) is 4. The predicted molar refractivity (Wildman–Crippen MR) is 94.8 cm³/mol. The maximum atomic E-state index is 14.1. The number of methoxy groups -OCH3 is 1. The van der Waals surface area contributed by atoms with Crippen molar-refractivity contribution in [2.75, 3.05) is 19.9 Å². The van der Waals surface area contributed by atoms with Crippen molar-refractivity contribution in [1.29, 1.82) is 0 Å². The van der Waals surface area contributed by atoms with Crippen LogP contribution in [0, 0.1) is 12.7 Å². The fraction of sp³-hybridized carbons (Fsp3) is 0.278. The summed E-state index contributed by atoms with van der Waals surface area (Å²) in [7, 11) is 3.47. The summed E-state index contributed by atoms with van der Waals surface area (Å²) in [5.41, 5.74) is 7.44. The molecule has 2 aromatic heterocycles. The summed E-state index contributed by atoms with van der Waals surface area (Å²) in [4.78, 5) is 14.4. The number of rotatable bonds is 6. The van der Waals surface area contributed by atoms with E-state index in [2.05, 4.69) is 15.0 Å². The van der Waals surface area contributed by atoms with E-state index in [4.69, 9.17) is 14.9 Å². The maximum Gasteiger partial charge on any atom is 0.229 e. The Kier molecular flexibility index (Phi) is 5.13. The Labute approximate surface area is 150 Å². The van der Waals surface area contributed by atoms with Crippen LogP contribution in [-0.2, 0) is 13.1 Å². The van der Waals surface area contributed by atoms with E-state index in [0.29, 0.717) is 24.6 Å². The van der Waals surface area contributed by atoms with Gasteiger partial charge in [-0.25, -0.2) is 19.3 Å². The molecule has 26 heavy (non-hydrogen) atoms. The van der Waals surface area contributed by atoms with Crippen molar-refractivity contribution in [3.63, 3.8) is 0 Å². The van der Waals surface area contributed by atoms with Gasteiger partial charge in [-0.05, 0) is 32.2 Å². The molecule has 0 aliphatic heterocycles. The molecule has 7 nitrogen and oxygen atoms in total. The Bertz CT molecular complexity index is 895. The van der Waals surface area contributed by atoms with E-state index < -0.39 is 5.82 Å². The number of oxazole rings is 1. The zero-order valence-electron chi connectivity index (χ0n) is 14.9. The second kappa shape index (κ2) is 7.49. The van der Waals surface area contributed by atoms with Crippen molar-refractivity contribution in [2.24, 2.45) is 0 Å². The molecule has 3 rings (SSSR count). The Morgan fingerprint density at radius 1 is 1.23 bits per heavy atom. The van der Waals surface area contributed by atoms with Crippen LogP contribution in [0.1, 0.15) is 17.0 Å². The van der Waals surface area contributed by atoms with E-state index in [1.807, 2.05) is 18.9 Å². The van der Waals surface area contributed by atoms with Crippen LogP contribution < -0.4 is 10.5 Å². The summed E-state index contributed by atoms with van der Waals surface area (Å²) < 4.78 is 24.9. The monoisotopic (exact) mass is 357 g/mol. The van der Waals surface area contributed by atoms with Crippen LogP contribution in [0.25, 0.3) is 11.5 Å². The Morgan fingerprint density at radius 2 is 1.96 bits per heavy atom. The van der Waals surface area contributed by atoms with E-state index in [9.17, 15) is 4.39 Å². The number of anilines is 1. The van der Waals surface area contributed by atoms with E-state index in [1.165, 1.54) is 13.2 Å². The van der Waals surface area contributed by atoms with Crippen molar-refractivity contribution in [1.82, 2.24) is 19.9 Å². The van der Waals surface area contributed by atoms with E-state index in [-0.39, 0.29) is 17.4 Å². The van der Waals surface area contributed by atoms with Crippen LogP contribution in [-0.4, -0.2) is 34.0 Å². The standard InChI is InChI=1S/C18H20FN5O2/c1-11-16(10-24(2)9-12-7-21-18(20)22-8-12)23-17(26-11)14-6-13(25-3)4-5-15(14)19/h4-8H,9-10H2,1-3H3,(H2,20,21,22). The van der Waals surface area contributed by atoms with E-state index >= 15 is 0 Å². The number of hydrogen-bond donors (Lipinski definition) is 1. The number of hydrogen-bond acceptors (Lipinski definition) is 7. The smallest absolute Gasteiger partial charge is 0.229 e. The van der Waals surface area contributed by atoms with Crippen molar-refractivity contribution in [3.8, 4) is 17.2 Å². The zero-order chi connectivity index (χ0) is 18.7. The summed E-state index contributed by atoms with van der Waals surface area (Å²) in [5.74, 6) is 1.25. The Morgan fingerprint density at radius 3 is 2.65 bits per heavy atom. The molecule has 0 fully saturated rings. The molecular formula is C18H20FN5O2. The van der Waals surface area contributed by atoms with Gasteiger partial charge in [0.25, 0.3) is 0 Å². The van der Waals surface area contributed by atoms with Crippen molar-refractivity contribution in [3.05, 3.63) is 53.4 Å².